The summed E-state index contributed by atoms with van der Waals surface area (Å²) in [6.07, 6.45) is 2.46. The van der Waals surface area contributed by atoms with Crippen LogP contribution >= 0.6 is 7.81 Å². The van der Waals surface area contributed by atoms with Crippen LogP contribution in [0.25, 0.3) is 4.98 Å². The Hall–Kier alpha value is -1.75. The van der Waals surface area contributed by atoms with Gasteiger partial charge in [-0.05, 0) is 18.9 Å². The fourth-order valence-electron chi connectivity index (χ4n) is 1.95. The van der Waals surface area contributed by atoms with Gasteiger partial charge in [0, 0.05) is 19.2 Å². The molecule has 1 fully saturated rings. The average Bonchev–Trinajstić information content (AvgIpc) is 2.87. The Morgan fingerprint density at radius 3 is 2.00 bits per heavy atom. The monoisotopic (exact) mass is 349 g/mol. The number of hydrogen-bond donors (Lipinski definition) is 0. The van der Waals surface area contributed by atoms with Crippen LogP contribution in [-0.4, -0.2) is 20.2 Å². The normalized spacial score (nSPS) is 17.6. The molecule has 2 rings (SSSR count). The molecule has 126 valence electrons. The Kier molecular flexibility index (Phi) is 4.55. The van der Waals surface area contributed by atoms with Crippen LogP contribution in [-0.2, 0) is 0 Å². The standard InChI is InChI=1S/C11H14N3O.F6P/c1-15-11-8-9(13-12)4-5-10(11)14-6-2-3-7-14;1-7(2,3,4,5)6/h4-5,8H,2-3,6-7H2,1H3;/q+1;-1. The fraction of sp³-hybridized carbons (Fsp3) is 0.455. The van der Waals surface area contributed by atoms with E-state index >= 15 is 0 Å². The van der Waals surface area contributed by atoms with Crippen LogP contribution in [0.1, 0.15) is 12.8 Å². The summed E-state index contributed by atoms with van der Waals surface area (Å²) in [5.74, 6) is 0.771. The zero-order chi connectivity index (χ0) is 17.1. The molecule has 1 aromatic carbocycles. The maximum absolute atomic E-state index is 10.7. The second kappa shape index (κ2) is 5.47. The SMILES string of the molecule is COc1cc([N+]#N)ccc1N1CCCC1.F[P-](F)(F)(F)(F)F. The quantitative estimate of drug-likeness (QED) is 0.365. The molecule has 0 N–H and O–H groups in total. The Morgan fingerprint density at radius 2 is 1.59 bits per heavy atom. The van der Waals surface area contributed by atoms with Gasteiger partial charge in [-0.15, -0.1) is 0 Å². The summed E-state index contributed by atoms with van der Waals surface area (Å²) >= 11 is 0. The van der Waals surface area contributed by atoms with Gasteiger partial charge in [0.15, 0.2) is 4.98 Å². The second-order valence-corrected chi connectivity index (χ2v) is 6.53. The van der Waals surface area contributed by atoms with Gasteiger partial charge in [0.25, 0.3) is 0 Å². The third-order valence-electron chi connectivity index (χ3n) is 2.73. The number of rotatable bonds is 2. The van der Waals surface area contributed by atoms with E-state index in [0.29, 0.717) is 5.69 Å². The Balaban J connectivity index is 0.000000295. The summed E-state index contributed by atoms with van der Waals surface area (Å²) in [5, 5.41) is 8.67. The van der Waals surface area contributed by atoms with Gasteiger partial charge in [0.05, 0.1) is 18.9 Å². The molecule has 1 aliphatic heterocycles. The van der Waals surface area contributed by atoms with E-state index in [0.717, 1.165) is 24.5 Å². The van der Waals surface area contributed by atoms with Gasteiger partial charge in [-0.3, -0.25) is 0 Å². The molecule has 0 saturated carbocycles. The molecule has 1 heterocycles. The van der Waals surface area contributed by atoms with E-state index in [2.05, 4.69) is 9.88 Å². The Bertz CT molecular complexity index is 566. The van der Waals surface area contributed by atoms with Crippen molar-refractivity contribution in [3.63, 3.8) is 0 Å². The van der Waals surface area contributed by atoms with Crippen LogP contribution < -0.4 is 9.64 Å². The maximum atomic E-state index is 9.87. The third kappa shape index (κ3) is 7.88. The number of ether oxygens (including phenoxy) is 1. The van der Waals surface area contributed by atoms with Crippen LogP contribution in [0.2, 0.25) is 0 Å². The van der Waals surface area contributed by atoms with Crippen molar-refractivity contribution in [3.05, 3.63) is 23.2 Å². The minimum atomic E-state index is -10.7. The molecule has 0 bridgehead atoms. The zero-order valence-electron chi connectivity index (χ0n) is 11.5. The summed E-state index contributed by atoms with van der Waals surface area (Å²) in [4.78, 5) is 5.44. The van der Waals surface area contributed by atoms with Crippen LogP contribution in [0.4, 0.5) is 36.6 Å². The molecule has 1 saturated heterocycles. The molecule has 11 heteroatoms. The summed E-state index contributed by atoms with van der Waals surface area (Å²) in [5.41, 5.74) is 1.61. The Labute approximate surface area is 122 Å². The number of nitrogens with zero attached hydrogens (tertiary/aromatic N) is 3. The van der Waals surface area contributed by atoms with Crippen molar-refractivity contribution >= 4 is 19.2 Å². The molecule has 1 aliphatic rings. The number of anilines is 1. The summed E-state index contributed by atoms with van der Waals surface area (Å²) in [6, 6.07) is 5.48. The van der Waals surface area contributed by atoms with E-state index in [1.54, 1.807) is 19.2 Å². The first-order chi connectivity index (χ1) is 9.80. The van der Waals surface area contributed by atoms with Crippen LogP contribution in [0.3, 0.4) is 0 Å². The van der Waals surface area contributed by atoms with E-state index < -0.39 is 7.81 Å². The molecule has 0 aromatic heterocycles. The van der Waals surface area contributed by atoms with Crippen LogP contribution in [0, 0.1) is 5.39 Å². The van der Waals surface area contributed by atoms with Gasteiger partial charge in [0.2, 0.25) is 5.39 Å². The molecular formula is C11H14F6N3OP. The van der Waals surface area contributed by atoms with E-state index in [1.807, 2.05) is 6.07 Å². The molecule has 4 nitrogen and oxygen atoms in total. The first kappa shape index (κ1) is 18.3. The van der Waals surface area contributed by atoms with Crippen molar-refractivity contribution in [2.24, 2.45) is 0 Å². The fourth-order valence-corrected chi connectivity index (χ4v) is 1.95. The van der Waals surface area contributed by atoms with Crippen molar-refractivity contribution in [1.82, 2.24) is 0 Å². The van der Waals surface area contributed by atoms with Gasteiger partial charge in [-0.1, -0.05) is 0 Å². The molecule has 0 aliphatic carbocycles. The van der Waals surface area contributed by atoms with E-state index in [9.17, 15) is 25.2 Å². The van der Waals surface area contributed by atoms with Gasteiger partial charge >= 0.3 is 38.7 Å². The first-order valence-electron chi connectivity index (χ1n) is 6.14. The molecule has 1 aromatic rings. The van der Waals surface area contributed by atoms with Gasteiger partial charge in [-0.2, -0.15) is 0 Å². The summed E-state index contributed by atoms with van der Waals surface area (Å²) in [6.45, 7) is 2.15. The van der Waals surface area contributed by atoms with E-state index in [4.69, 9.17) is 10.1 Å². The van der Waals surface area contributed by atoms with Crippen molar-refractivity contribution < 1.29 is 29.9 Å². The van der Waals surface area contributed by atoms with Crippen molar-refractivity contribution in [2.45, 2.75) is 12.8 Å². The predicted octanol–water partition coefficient (Wildman–Crippen LogP) is 6.16. The summed E-state index contributed by atoms with van der Waals surface area (Å²) < 4.78 is 64.5. The molecule has 0 spiro atoms. The Morgan fingerprint density at radius 1 is 1.09 bits per heavy atom. The first-order valence-corrected chi connectivity index (χ1v) is 8.17. The van der Waals surface area contributed by atoms with E-state index in [-0.39, 0.29) is 0 Å². The van der Waals surface area contributed by atoms with Crippen molar-refractivity contribution in [2.75, 3.05) is 25.1 Å². The molecule has 0 atom stereocenters. The molecule has 22 heavy (non-hydrogen) atoms. The van der Waals surface area contributed by atoms with Crippen molar-refractivity contribution in [3.8, 4) is 5.75 Å². The number of methoxy groups -OCH3 is 1. The third-order valence-corrected chi connectivity index (χ3v) is 2.73. The molecular weight excluding hydrogens is 335 g/mol. The van der Waals surface area contributed by atoms with Gasteiger partial charge in [-0.25, -0.2) is 0 Å². The van der Waals surface area contributed by atoms with E-state index in [1.165, 1.54) is 12.8 Å². The molecule has 0 unspecified atom stereocenters. The molecule has 0 amide bonds. The topological polar surface area (TPSA) is 40.6 Å². The number of hydrogen-bond acceptors (Lipinski definition) is 3. The summed E-state index contributed by atoms with van der Waals surface area (Å²) in [7, 11) is -9.02. The van der Waals surface area contributed by atoms with Gasteiger partial charge in [0.1, 0.15) is 5.75 Å². The molecule has 0 radical (unpaired) electrons. The van der Waals surface area contributed by atoms with Crippen molar-refractivity contribution in [1.29, 1.82) is 5.39 Å². The second-order valence-electron chi connectivity index (χ2n) is 4.61. The van der Waals surface area contributed by atoms with Crippen LogP contribution in [0.5, 0.6) is 5.75 Å². The number of benzene rings is 1. The predicted molar refractivity (Wildman–Crippen MR) is 72.8 cm³/mol. The van der Waals surface area contributed by atoms with Gasteiger partial charge < -0.3 is 9.64 Å². The minimum absolute atomic E-state index is 0.523. The number of halogens is 6. The van der Waals surface area contributed by atoms with Crippen LogP contribution in [0.15, 0.2) is 18.2 Å². The number of diazo groups is 1. The average molecular weight is 349 g/mol. The zero-order valence-corrected chi connectivity index (χ0v) is 12.4.